The average Bonchev–Trinajstić information content (AvgIpc) is 3.24. The molecule has 2 atom stereocenters. The Hall–Kier alpha value is -1.39. The van der Waals surface area contributed by atoms with Crippen LogP contribution < -0.4 is 0 Å². The predicted molar refractivity (Wildman–Crippen MR) is 115 cm³/mol. The number of hydrogen-bond acceptors (Lipinski definition) is 3. The van der Waals surface area contributed by atoms with Crippen LogP contribution in [0.4, 0.5) is 0 Å². The molecule has 2 saturated heterocycles. The quantitative estimate of drug-likeness (QED) is 0.823. The van der Waals surface area contributed by atoms with Gasteiger partial charge in [0.05, 0.1) is 12.1 Å². The predicted octanol–water partition coefficient (Wildman–Crippen LogP) is 3.80. The number of hydrogen-bond donors (Lipinski definition) is 1. The highest BCUT2D eigenvalue weighted by Gasteiger charge is 2.66. The van der Waals surface area contributed by atoms with Crippen LogP contribution in [0.3, 0.4) is 0 Å². The van der Waals surface area contributed by atoms with Crippen molar-refractivity contribution in [3.63, 3.8) is 0 Å². The summed E-state index contributed by atoms with van der Waals surface area (Å²) in [5, 5.41) is 10.3. The second kappa shape index (κ2) is 8.03. The van der Waals surface area contributed by atoms with E-state index in [1.165, 1.54) is 50.5 Å². The molecule has 2 heterocycles. The molecule has 29 heavy (non-hydrogen) atoms. The lowest BCUT2D eigenvalue weighted by Crippen LogP contribution is -2.85. The first-order chi connectivity index (χ1) is 14.2. The Kier molecular flexibility index (Phi) is 5.42. The molecule has 158 valence electrons. The molecule has 0 aromatic heterocycles. The molecule has 0 bridgehead atoms. The fourth-order valence-corrected chi connectivity index (χ4v) is 6.91. The molecule has 1 spiro atoms. The number of benzene rings is 1. The van der Waals surface area contributed by atoms with Crippen molar-refractivity contribution in [2.45, 2.75) is 75.3 Å². The lowest BCUT2D eigenvalue weighted by molar-refractivity contribution is -0.202. The molecule has 2 saturated carbocycles. The van der Waals surface area contributed by atoms with Gasteiger partial charge in [0.25, 0.3) is 0 Å². The lowest BCUT2D eigenvalue weighted by atomic mass is 9.60. The number of likely N-dealkylation sites (tertiary alicyclic amines) is 2. The van der Waals surface area contributed by atoms with Crippen LogP contribution in [0, 0.1) is 11.8 Å². The maximum Gasteiger partial charge on any atom is 0.225 e. The van der Waals surface area contributed by atoms with Crippen molar-refractivity contribution >= 4 is 5.91 Å². The Labute approximate surface area is 175 Å². The van der Waals surface area contributed by atoms with Crippen molar-refractivity contribution in [1.29, 1.82) is 0 Å². The van der Waals surface area contributed by atoms with Gasteiger partial charge >= 0.3 is 0 Å². The monoisotopic (exact) mass is 396 g/mol. The Balaban J connectivity index is 1.35. The van der Waals surface area contributed by atoms with Gasteiger partial charge in [0.15, 0.2) is 0 Å². The molecule has 4 nitrogen and oxygen atoms in total. The minimum atomic E-state index is 0.0433. The van der Waals surface area contributed by atoms with Gasteiger partial charge < -0.3 is 10.0 Å². The third kappa shape index (κ3) is 3.33. The van der Waals surface area contributed by atoms with Crippen LogP contribution in [0.1, 0.15) is 69.3 Å². The van der Waals surface area contributed by atoms with Crippen molar-refractivity contribution in [2.75, 3.05) is 26.2 Å². The highest BCUT2D eigenvalue weighted by molar-refractivity contribution is 5.80. The van der Waals surface area contributed by atoms with E-state index in [1.54, 1.807) is 0 Å². The minimum absolute atomic E-state index is 0.0433. The summed E-state index contributed by atoms with van der Waals surface area (Å²) in [5.41, 5.74) is 1.38. The number of aliphatic hydroxyl groups excluding tert-OH is 1. The summed E-state index contributed by atoms with van der Waals surface area (Å²) < 4.78 is 0. The molecule has 0 radical (unpaired) electrons. The third-order valence-corrected chi connectivity index (χ3v) is 8.41. The van der Waals surface area contributed by atoms with Crippen LogP contribution in [0.5, 0.6) is 0 Å². The van der Waals surface area contributed by atoms with Gasteiger partial charge in [-0.2, -0.15) is 0 Å². The maximum absolute atomic E-state index is 13.1. The molecule has 2 aliphatic carbocycles. The fourth-order valence-electron chi connectivity index (χ4n) is 6.91. The first-order valence-corrected chi connectivity index (χ1v) is 11.9. The molecule has 2 aliphatic heterocycles. The maximum atomic E-state index is 13.1. The van der Waals surface area contributed by atoms with Crippen molar-refractivity contribution < 1.29 is 9.90 Å². The second-order valence-electron chi connectivity index (χ2n) is 10.1. The van der Waals surface area contributed by atoms with Gasteiger partial charge in [-0.05, 0) is 37.2 Å². The largest absolute Gasteiger partial charge is 0.395 e. The van der Waals surface area contributed by atoms with Crippen LogP contribution in [0.25, 0.3) is 0 Å². The Morgan fingerprint density at radius 3 is 2.28 bits per heavy atom. The summed E-state index contributed by atoms with van der Waals surface area (Å²) in [4.78, 5) is 17.9. The van der Waals surface area contributed by atoms with Crippen LogP contribution in [0.2, 0.25) is 0 Å². The fraction of sp³-hybridized carbons (Fsp3) is 0.720. The first-order valence-electron chi connectivity index (χ1n) is 11.9. The topological polar surface area (TPSA) is 43.8 Å². The molecule has 4 fully saturated rings. The molecule has 1 aromatic rings. The van der Waals surface area contributed by atoms with Crippen molar-refractivity contribution in [2.24, 2.45) is 11.8 Å². The van der Waals surface area contributed by atoms with E-state index in [0.29, 0.717) is 11.8 Å². The Bertz CT molecular complexity index is 703. The van der Waals surface area contributed by atoms with Gasteiger partial charge in [0.2, 0.25) is 5.91 Å². The molecular formula is C25H36N2O2. The van der Waals surface area contributed by atoms with E-state index in [1.807, 2.05) is 0 Å². The second-order valence-corrected chi connectivity index (χ2v) is 10.1. The van der Waals surface area contributed by atoms with E-state index in [9.17, 15) is 9.90 Å². The van der Waals surface area contributed by atoms with Gasteiger partial charge in [-0.15, -0.1) is 0 Å². The van der Waals surface area contributed by atoms with Crippen molar-refractivity contribution in [3.05, 3.63) is 35.9 Å². The minimum Gasteiger partial charge on any atom is -0.395 e. The zero-order valence-corrected chi connectivity index (χ0v) is 17.6. The molecule has 1 amide bonds. The van der Waals surface area contributed by atoms with Crippen LogP contribution in [-0.2, 0) is 4.79 Å². The zero-order chi connectivity index (χ0) is 19.8. The highest BCUT2D eigenvalue weighted by atomic mass is 16.3. The molecule has 1 N–H and O–H groups in total. The Morgan fingerprint density at radius 1 is 0.966 bits per heavy atom. The number of aliphatic hydroxyl groups is 1. The summed E-state index contributed by atoms with van der Waals surface area (Å²) in [7, 11) is 0. The van der Waals surface area contributed by atoms with Crippen LogP contribution in [-0.4, -0.2) is 58.6 Å². The van der Waals surface area contributed by atoms with Gasteiger partial charge in [-0.3, -0.25) is 9.69 Å². The summed E-state index contributed by atoms with van der Waals surface area (Å²) in [6.07, 6.45) is 11.2. The average molecular weight is 397 g/mol. The van der Waals surface area contributed by atoms with Crippen LogP contribution in [0.15, 0.2) is 30.3 Å². The van der Waals surface area contributed by atoms with Gasteiger partial charge in [-0.1, -0.05) is 62.4 Å². The lowest BCUT2D eigenvalue weighted by Gasteiger charge is -2.71. The number of amides is 1. The van der Waals surface area contributed by atoms with E-state index in [4.69, 9.17) is 0 Å². The normalized spacial score (nSPS) is 30.3. The number of carbonyl (C=O) groups excluding carboxylic acids is 1. The van der Waals surface area contributed by atoms with Gasteiger partial charge in [0, 0.05) is 37.5 Å². The zero-order valence-electron chi connectivity index (χ0n) is 17.6. The number of carbonyl (C=O) groups is 1. The van der Waals surface area contributed by atoms with Gasteiger partial charge in [-0.25, -0.2) is 0 Å². The van der Waals surface area contributed by atoms with Gasteiger partial charge in [0.1, 0.15) is 0 Å². The van der Waals surface area contributed by atoms with Crippen molar-refractivity contribution in [3.8, 4) is 0 Å². The smallest absolute Gasteiger partial charge is 0.225 e. The number of nitrogens with zero attached hydrogens (tertiary/aromatic N) is 2. The van der Waals surface area contributed by atoms with Crippen molar-refractivity contribution in [1.82, 2.24) is 9.80 Å². The van der Waals surface area contributed by atoms with E-state index in [0.717, 1.165) is 38.4 Å². The van der Waals surface area contributed by atoms with E-state index < -0.39 is 0 Å². The summed E-state index contributed by atoms with van der Waals surface area (Å²) in [6, 6.07) is 10.9. The SMILES string of the molecule is O=C(C1CCCCC1)N1CC2(C1)[C@H](c1ccccc1)[C@H](CO)N2CC1CCCC1. The van der Waals surface area contributed by atoms with Crippen LogP contribution >= 0.6 is 0 Å². The molecule has 4 aliphatic rings. The molecule has 4 heteroatoms. The standard InChI is InChI=1S/C25H36N2O2/c28-16-22-23(20-11-3-1-4-12-20)25(27(22)15-19-9-7-8-10-19)17-26(18-25)24(29)21-13-5-2-6-14-21/h1,3-4,11-12,19,21-23,28H,2,5-10,13-18H2/t22-,23+/m0/s1. The third-order valence-electron chi connectivity index (χ3n) is 8.41. The molecule has 1 aromatic carbocycles. The summed E-state index contributed by atoms with van der Waals surface area (Å²) >= 11 is 0. The molecule has 0 unspecified atom stereocenters. The summed E-state index contributed by atoms with van der Waals surface area (Å²) in [6.45, 7) is 3.01. The summed E-state index contributed by atoms with van der Waals surface area (Å²) in [5.74, 6) is 1.76. The number of rotatable bonds is 5. The first kappa shape index (κ1) is 19.6. The Morgan fingerprint density at radius 2 is 1.62 bits per heavy atom. The van der Waals surface area contributed by atoms with E-state index in [-0.39, 0.29) is 24.1 Å². The van der Waals surface area contributed by atoms with E-state index in [2.05, 4.69) is 40.1 Å². The highest BCUT2D eigenvalue weighted by Crippen LogP contribution is 2.55. The van der Waals surface area contributed by atoms with E-state index >= 15 is 0 Å². The molecule has 5 rings (SSSR count). The molecular weight excluding hydrogens is 360 g/mol.